The van der Waals surface area contributed by atoms with Crippen molar-refractivity contribution in [3.8, 4) is 0 Å². The van der Waals surface area contributed by atoms with Gasteiger partial charge in [-0.3, -0.25) is 4.68 Å². The Bertz CT molecular complexity index is 376. The van der Waals surface area contributed by atoms with Gasteiger partial charge in [-0.25, -0.2) is 0 Å². The molecule has 88 valence electrons. The number of aryl methyl sites for hydroxylation is 2. The molecule has 4 rings (SSSR count). The first-order valence-corrected chi connectivity index (χ1v) is 6.21. The van der Waals surface area contributed by atoms with Crippen LogP contribution >= 0.6 is 0 Å². The summed E-state index contributed by atoms with van der Waals surface area (Å²) in [5, 5.41) is 8.06. The van der Waals surface area contributed by atoms with E-state index in [0.29, 0.717) is 6.04 Å². The van der Waals surface area contributed by atoms with Gasteiger partial charge in [0.15, 0.2) is 0 Å². The number of hydrogen-bond acceptors (Lipinski definition) is 3. The highest BCUT2D eigenvalue weighted by molar-refractivity contribution is 5.46. The molecular weight excluding hydrogens is 200 g/mol. The van der Waals surface area contributed by atoms with E-state index in [9.17, 15) is 0 Å². The molecule has 1 aromatic heterocycles. The number of hydrogen-bond donors (Lipinski definition) is 1. The van der Waals surface area contributed by atoms with E-state index in [1.165, 1.54) is 38.2 Å². The van der Waals surface area contributed by atoms with Crippen LogP contribution in [0.2, 0.25) is 0 Å². The second-order valence-corrected chi connectivity index (χ2v) is 5.19. The summed E-state index contributed by atoms with van der Waals surface area (Å²) in [6.07, 6.45) is 4.81. The maximum Gasteiger partial charge on any atom is 0.0825 e. The van der Waals surface area contributed by atoms with E-state index >= 15 is 0 Å². The van der Waals surface area contributed by atoms with Crippen molar-refractivity contribution in [1.82, 2.24) is 14.7 Å². The molecule has 3 saturated heterocycles. The third-order valence-corrected chi connectivity index (χ3v) is 4.01. The van der Waals surface area contributed by atoms with Gasteiger partial charge in [-0.15, -0.1) is 0 Å². The second-order valence-electron chi connectivity index (χ2n) is 5.19. The maximum atomic E-state index is 4.38. The predicted molar refractivity (Wildman–Crippen MR) is 64.5 cm³/mol. The van der Waals surface area contributed by atoms with Crippen molar-refractivity contribution >= 4 is 5.69 Å². The van der Waals surface area contributed by atoms with Crippen molar-refractivity contribution in [3.05, 3.63) is 11.9 Å². The zero-order chi connectivity index (χ0) is 11.1. The SMILES string of the molecule is Cc1nn(C)cc1NC1CN2CCC1CC2. The summed E-state index contributed by atoms with van der Waals surface area (Å²) < 4.78 is 1.89. The molecule has 0 saturated carbocycles. The molecule has 0 amide bonds. The number of fused-ring (bicyclic) bond motifs is 3. The molecule has 1 unspecified atom stereocenters. The Labute approximate surface area is 96.6 Å². The lowest BCUT2D eigenvalue weighted by Gasteiger charge is -2.45. The number of nitrogens with zero attached hydrogens (tertiary/aromatic N) is 3. The Balaban J connectivity index is 1.73. The highest BCUT2D eigenvalue weighted by Crippen LogP contribution is 2.30. The molecule has 1 aromatic rings. The fourth-order valence-electron chi connectivity index (χ4n) is 3.07. The first-order valence-electron chi connectivity index (χ1n) is 6.21. The standard InChI is InChI=1S/C12H20N4/c1-9-11(7-15(2)14-9)13-12-8-16-5-3-10(12)4-6-16/h7,10,12-13H,3-6,8H2,1-2H3. The van der Waals surface area contributed by atoms with Gasteiger partial charge < -0.3 is 10.2 Å². The predicted octanol–water partition coefficient (Wildman–Crippen LogP) is 1.23. The van der Waals surface area contributed by atoms with Crippen LogP contribution in [0.3, 0.4) is 0 Å². The average Bonchev–Trinajstić information content (AvgIpc) is 2.59. The topological polar surface area (TPSA) is 33.1 Å². The Kier molecular flexibility index (Phi) is 2.39. The molecule has 0 aliphatic carbocycles. The molecule has 4 heteroatoms. The van der Waals surface area contributed by atoms with Crippen LogP contribution < -0.4 is 5.32 Å². The van der Waals surface area contributed by atoms with Crippen molar-refractivity contribution in [2.45, 2.75) is 25.8 Å². The number of aromatic nitrogens is 2. The van der Waals surface area contributed by atoms with Gasteiger partial charge >= 0.3 is 0 Å². The van der Waals surface area contributed by atoms with Crippen LogP contribution in [-0.2, 0) is 7.05 Å². The lowest BCUT2D eigenvalue weighted by molar-refractivity contribution is 0.0975. The normalized spacial score (nSPS) is 33.0. The first kappa shape index (κ1) is 10.1. The lowest BCUT2D eigenvalue weighted by atomic mass is 9.84. The van der Waals surface area contributed by atoms with Crippen LogP contribution in [0.4, 0.5) is 5.69 Å². The highest BCUT2D eigenvalue weighted by Gasteiger charge is 2.34. The van der Waals surface area contributed by atoms with Crippen LogP contribution in [-0.4, -0.2) is 40.4 Å². The quantitative estimate of drug-likeness (QED) is 0.814. The Hall–Kier alpha value is -1.03. The Morgan fingerprint density at radius 3 is 2.62 bits per heavy atom. The van der Waals surface area contributed by atoms with Gasteiger partial charge in [-0.2, -0.15) is 5.10 Å². The number of nitrogens with one attached hydrogen (secondary N) is 1. The summed E-state index contributed by atoms with van der Waals surface area (Å²) in [6, 6.07) is 0.630. The lowest BCUT2D eigenvalue weighted by Crippen LogP contribution is -2.53. The van der Waals surface area contributed by atoms with Crippen LogP contribution in [0.1, 0.15) is 18.5 Å². The van der Waals surface area contributed by atoms with E-state index in [-0.39, 0.29) is 0 Å². The van der Waals surface area contributed by atoms with Crippen LogP contribution in [0.15, 0.2) is 6.20 Å². The summed E-state index contributed by atoms with van der Waals surface area (Å²) in [5.74, 6) is 0.865. The summed E-state index contributed by atoms with van der Waals surface area (Å²) in [4.78, 5) is 2.57. The Morgan fingerprint density at radius 2 is 2.12 bits per heavy atom. The molecule has 2 bridgehead atoms. The molecule has 4 heterocycles. The first-order chi connectivity index (χ1) is 7.72. The summed E-state index contributed by atoms with van der Waals surface area (Å²) in [5.41, 5.74) is 2.32. The van der Waals surface area contributed by atoms with Gasteiger partial charge in [-0.1, -0.05) is 0 Å². The van der Waals surface area contributed by atoms with Gasteiger partial charge in [0.25, 0.3) is 0 Å². The number of rotatable bonds is 2. The minimum atomic E-state index is 0.630. The van der Waals surface area contributed by atoms with Gasteiger partial charge in [0.1, 0.15) is 0 Å². The average molecular weight is 220 g/mol. The Morgan fingerprint density at radius 1 is 1.38 bits per heavy atom. The zero-order valence-corrected chi connectivity index (χ0v) is 10.1. The second kappa shape index (κ2) is 3.77. The maximum absolute atomic E-state index is 4.38. The highest BCUT2D eigenvalue weighted by atomic mass is 15.3. The molecular formula is C12H20N4. The number of anilines is 1. The zero-order valence-electron chi connectivity index (χ0n) is 10.1. The summed E-state index contributed by atoms with van der Waals surface area (Å²) >= 11 is 0. The van der Waals surface area contributed by atoms with Gasteiger partial charge in [-0.05, 0) is 38.8 Å². The third kappa shape index (κ3) is 1.71. The monoisotopic (exact) mass is 220 g/mol. The third-order valence-electron chi connectivity index (χ3n) is 4.01. The minimum Gasteiger partial charge on any atom is -0.378 e. The van der Waals surface area contributed by atoms with Gasteiger partial charge in [0, 0.05) is 25.8 Å². The van der Waals surface area contributed by atoms with Gasteiger partial charge in [0.2, 0.25) is 0 Å². The molecule has 4 nitrogen and oxygen atoms in total. The summed E-state index contributed by atoms with van der Waals surface area (Å²) in [7, 11) is 1.98. The smallest absolute Gasteiger partial charge is 0.0825 e. The molecule has 3 aliphatic rings. The molecule has 16 heavy (non-hydrogen) atoms. The van der Waals surface area contributed by atoms with Gasteiger partial charge in [0.05, 0.1) is 11.4 Å². The fraction of sp³-hybridized carbons (Fsp3) is 0.750. The van der Waals surface area contributed by atoms with Crippen molar-refractivity contribution < 1.29 is 0 Å². The molecule has 3 fully saturated rings. The van der Waals surface area contributed by atoms with Crippen molar-refractivity contribution in [3.63, 3.8) is 0 Å². The molecule has 0 radical (unpaired) electrons. The molecule has 1 N–H and O–H groups in total. The minimum absolute atomic E-state index is 0.630. The molecule has 1 atom stereocenters. The van der Waals surface area contributed by atoms with Crippen LogP contribution in [0, 0.1) is 12.8 Å². The van der Waals surface area contributed by atoms with E-state index in [0.717, 1.165) is 11.6 Å². The summed E-state index contributed by atoms with van der Waals surface area (Å²) in [6.45, 7) is 5.88. The van der Waals surface area contributed by atoms with Crippen molar-refractivity contribution in [2.24, 2.45) is 13.0 Å². The largest absolute Gasteiger partial charge is 0.378 e. The van der Waals surface area contributed by atoms with E-state index in [2.05, 4.69) is 28.4 Å². The van der Waals surface area contributed by atoms with Crippen molar-refractivity contribution in [2.75, 3.05) is 25.0 Å². The molecule has 0 spiro atoms. The van der Waals surface area contributed by atoms with E-state index < -0.39 is 0 Å². The molecule has 3 aliphatic heterocycles. The van der Waals surface area contributed by atoms with E-state index in [1.54, 1.807) is 0 Å². The van der Waals surface area contributed by atoms with E-state index in [4.69, 9.17) is 0 Å². The fourth-order valence-corrected chi connectivity index (χ4v) is 3.07. The number of piperidine rings is 3. The van der Waals surface area contributed by atoms with Crippen LogP contribution in [0.5, 0.6) is 0 Å². The van der Waals surface area contributed by atoms with Crippen molar-refractivity contribution in [1.29, 1.82) is 0 Å². The molecule has 0 aromatic carbocycles. The van der Waals surface area contributed by atoms with Crippen LogP contribution in [0.25, 0.3) is 0 Å². The van der Waals surface area contributed by atoms with E-state index in [1.807, 2.05) is 11.7 Å².